The highest BCUT2D eigenvalue weighted by atomic mass is 16.5. The van der Waals surface area contributed by atoms with Crippen LogP contribution in [0, 0.1) is 5.92 Å². The average Bonchev–Trinajstić information content (AvgIpc) is 1.59. The SMILES string of the molecule is C1=Cc2c(c3cc(-c4cccc5c4C4=CC(c6ccc7c(c6)C6C=C(c8ccc9c%10c(n(-c%11cccc(-c%12ccccc%12)c%11)c9c8)C8CC8C=C%10)C=CC6N7c6cccc(-c7ccccc7)c6)=CCC4O5)ccc3n2C2=CCCC(c3ccccc3)=C2)CC1. The Labute approximate surface area is 519 Å². The number of ether oxygens (including phenoxy) is 1. The molecule has 0 amide bonds. The predicted octanol–water partition coefficient (Wildman–Crippen LogP) is 21.3. The van der Waals surface area contributed by atoms with Crippen LogP contribution in [-0.4, -0.2) is 21.3 Å². The van der Waals surface area contributed by atoms with Crippen LogP contribution >= 0.6 is 0 Å². The second-order valence-electron chi connectivity index (χ2n) is 25.6. The van der Waals surface area contributed by atoms with Crippen LogP contribution in [0.4, 0.5) is 11.4 Å². The molecule has 2 aliphatic heterocycles. The highest BCUT2D eigenvalue weighted by molar-refractivity contribution is 6.02. The van der Waals surface area contributed by atoms with E-state index in [0.29, 0.717) is 11.8 Å². The van der Waals surface area contributed by atoms with E-state index in [9.17, 15) is 0 Å². The number of anilines is 2. The first kappa shape index (κ1) is 50.7. The van der Waals surface area contributed by atoms with Crippen LogP contribution in [0.3, 0.4) is 0 Å². The van der Waals surface area contributed by atoms with Crippen LogP contribution in [-0.2, 0) is 6.42 Å². The molecule has 8 aliphatic rings. The Morgan fingerprint density at radius 2 is 1.24 bits per heavy atom. The van der Waals surface area contributed by atoms with Gasteiger partial charge in [-0.3, -0.25) is 0 Å². The third-order valence-electron chi connectivity index (χ3n) is 20.5. The van der Waals surface area contributed by atoms with Crippen molar-refractivity contribution in [3.63, 3.8) is 0 Å². The lowest BCUT2D eigenvalue weighted by molar-refractivity contribution is 0.279. The van der Waals surface area contributed by atoms with Crippen molar-refractivity contribution in [1.82, 2.24) is 9.13 Å². The molecule has 1 fully saturated rings. The van der Waals surface area contributed by atoms with Crippen LogP contribution in [0.2, 0.25) is 0 Å². The third kappa shape index (κ3) is 8.19. The molecule has 4 heterocycles. The fraction of sp³-hybridized carbons (Fsp3) is 0.129. The molecule has 11 aromatic rings. The third-order valence-corrected chi connectivity index (χ3v) is 20.5. The summed E-state index contributed by atoms with van der Waals surface area (Å²) >= 11 is 0. The Morgan fingerprint density at radius 3 is 2.07 bits per heavy atom. The lowest BCUT2D eigenvalue weighted by atomic mass is 9.83. The van der Waals surface area contributed by atoms with Crippen molar-refractivity contribution in [3.8, 4) is 44.8 Å². The zero-order chi connectivity index (χ0) is 58.3. The van der Waals surface area contributed by atoms with E-state index < -0.39 is 0 Å². The van der Waals surface area contributed by atoms with Gasteiger partial charge in [0.15, 0.2) is 0 Å². The summed E-state index contributed by atoms with van der Waals surface area (Å²) < 4.78 is 12.0. The van der Waals surface area contributed by atoms with Gasteiger partial charge in [-0.15, -0.1) is 0 Å². The van der Waals surface area contributed by atoms with Gasteiger partial charge in [-0.05, 0) is 195 Å². The monoisotopic (exact) mass is 1140 g/mol. The number of aromatic nitrogens is 2. The van der Waals surface area contributed by atoms with Crippen LogP contribution in [0.5, 0.6) is 5.75 Å². The van der Waals surface area contributed by atoms with E-state index in [1.54, 1.807) is 0 Å². The van der Waals surface area contributed by atoms with Crippen molar-refractivity contribution >= 4 is 73.3 Å². The number of hydrogen-bond acceptors (Lipinski definition) is 2. The van der Waals surface area contributed by atoms with Crippen molar-refractivity contribution in [2.75, 3.05) is 4.90 Å². The van der Waals surface area contributed by atoms with Gasteiger partial charge in [-0.2, -0.15) is 0 Å². The fourth-order valence-corrected chi connectivity index (χ4v) is 16.2. The largest absolute Gasteiger partial charge is 0.485 e. The lowest BCUT2D eigenvalue weighted by Crippen LogP contribution is -2.29. The molecule has 2 aromatic heterocycles. The Bertz CT molecular complexity index is 5070. The smallest absolute Gasteiger partial charge is 0.128 e. The topological polar surface area (TPSA) is 22.3 Å². The molecule has 6 aliphatic carbocycles. The molecular formula is C85H63N3O. The van der Waals surface area contributed by atoms with Crippen molar-refractivity contribution < 1.29 is 4.74 Å². The Hall–Kier alpha value is -10.4. The van der Waals surface area contributed by atoms with E-state index in [4.69, 9.17) is 4.74 Å². The summed E-state index contributed by atoms with van der Waals surface area (Å²) in [6, 6.07) is 79.4. The normalized spacial score (nSPS) is 20.5. The highest BCUT2D eigenvalue weighted by Crippen LogP contribution is 2.57. The molecule has 19 rings (SSSR count). The quantitative estimate of drug-likeness (QED) is 0.144. The van der Waals surface area contributed by atoms with Crippen molar-refractivity contribution in [2.45, 2.75) is 62.5 Å². The summed E-state index contributed by atoms with van der Waals surface area (Å²) in [5, 5.41) is 2.66. The second-order valence-corrected chi connectivity index (χ2v) is 25.6. The van der Waals surface area contributed by atoms with E-state index in [-0.39, 0.29) is 18.1 Å². The van der Waals surface area contributed by atoms with Gasteiger partial charge in [0.1, 0.15) is 11.9 Å². The van der Waals surface area contributed by atoms with Gasteiger partial charge in [0, 0.05) is 79.9 Å². The van der Waals surface area contributed by atoms with Gasteiger partial charge in [0.25, 0.3) is 0 Å². The van der Waals surface area contributed by atoms with E-state index in [1.165, 1.54) is 157 Å². The molecular weight excluding hydrogens is 1080 g/mol. The highest BCUT2D eigenvalue weighted by Gasteiger charge is 2.44. The number of aryl methyl sites for hydroxylation is 1. The van der Waals surface area contributed by atoms with Crippen molar-refractivity contribution in [2.24, 2.45) is 5.92 Å². The standard InChI is InChI=1S/C85H63N3O/c1-4-16-53(17-5-1)56-22-12-25-65(44-56)86-77-30-11-10-28-69(77)73-51-63(36-42-78(73)86)68-29-15-31-83-84(68)76-49-61(37-43-82(76)89-83)59-34-40-79-74(47-59)75-48-60(35-41-80(75)87(79)66-26-13-23-57(45-66)54-18-6-2-7-19-54)62-32-38-70-71-39-33-64-50-72(64)85(71)88(81(70)52-62)67-27-14-24-58(46-67)55-20-8-3-9-21-55/h1-9,11,13-21,23-27,29-42,44-49,51-52,64,72,75,80,82H,10,12,22,28,43,50H2. The average molecular weight is 1140 g/mol. The molecule has 1 saturated carbocycles. The summed E-state index contributed by atoms with van der Waals surface area (Å²) in [5.74, 6) is 2.24. The Balaban J connectivity index is 0.703. The molecule has 0 spiro atoms. The number of fused-ring (bicyclic) bond motifs is 14. The van der Waals surface area contributed by atoms with Gasteiger partial charge in [0.05, 0.1) is 17.1 Å². The van der Waals surface area contributed by atoms with Crippen molar-refractivity contribution in [3.05, 3.63) is 317 Å². The maximum absolute atomic E-state index is 6.92. The molecule has 0 radical (unpaired) electrons. The van der Waals surface area contributed by atoms with Gasteiger partial charge >= 0.3 is 0 Å². The van der Waals surface area contributed by atoms with Crippen LogP contribution in [0.1, 0.15) is 94.3 Å². The minimum Gasteiger partial charge on any atom is -0.485 e. The van der Waals surface area contributed by atoms with Crippen LogP contribution < -0.4 is 9.64 Å². The molecule has 9 aromatic carbocycles. The predicted molar refractivity (Wildman–Crippen MR) is 370 cm³/mol. The molecule has 0 saturated heterocycles. The maximum atomic E-state index is 6.92. The van der Waals surface area contributed by atoms with Gasteiger partial charge < -0.3 is 18.8 Å². The van der Waals surface area contributed by atoms with Gasteiger partial charge in [-0.25, -0.2) is 0 Å². The number of benzene rings is 9. The molecule has 4 nitrogen and oxygen atoms in total. The summed E-state index contributed by atoms with van der Waals surface area (Å²) in [5.41, 5.74) is 32.0. The summed E-state index contributed by atoms with van der Waals surface area (Å²) in [6.07, 6.45) is 32.9. The first-order chi connectivity index (χ1) is 44.1. The number of nitrogens with zero attached hydrogens (tertiary/aromatic N) is 3. The summed E-state index contributed by atoms with van der Waals surface area (Å²) in [4.78, 5) is 2.60. The number of hydrogen-bond donors (Lipinski definition) is 0. The van der Waals surface area contributed by atoms with Crippen LogP contribution in [0.25, 0.3) is 101 Å². The van der Waals surface area contributed by atoms with E-state index in [1.807, 2.05) is 0 Å². The minimum absolute atomic E-state index is 0.0415. The van der Waals surface area contributed by atoms with E-state index in [0.717, 1.165) is 37.9 Å². The molecule has 5 unspecified atom stereocenters. The zero-order valence-electron chi connectivity index (χ0n) is 49.4. The Morgan fingerprint density at radius 1 is 0.494 bits per heavy atom. The lowest BCUT2D eigenvalue weighted by Gasteiger charge is -2.30. The van der Waals surface area contributed by atoms with Gasteiger partial charge in [0.2, 0.25) is 0 Å². The molecule has 0 bridgehead atoms. The van der Waals surface area contributed by atoms with E-state index in [2.05, 4.69) is 293 Å². The zero-order valence-corrected chi connectivity index (χ0v) is 49.4. The number of rotatable bonds is 9. The number of allylic oxidation sites excluding steroid dienone is 10. The Kier molecular flexibility index (Phi) is 11.4. The second kappa shape index (κ2) is 20.1. The first-order valence-electron chi connectivity index (χ1n) is 32.1. The van der Waals surface area contributed by atoms with Crippen LogP contribution in [0.15, 0.2) is 267 Å². The van der Waals surface area contributed by atoms with E-state index >= 15 is 0 Å². The molecule has 0 N–H and O–H groups in total. The fourth-order valence-electron chi connectivity index (χ4n) is 16.2. The summed E-state index contributed by atoms with van der Waals surface area (Å²) in [7, 11) is 0. The molecule has 424 valence electrons. The summed E-state index contributed by atoms with van der Waals surface area (Å²) in [6.45, 7) is 0. The first-order valence-corrected chi connectivity index (χ1v) is 32.1. The molecule has 5 atom stereocenters. The maximum Gasteiger partial charge on any atom is 0.128 e. The molecule has 4 heteroatoms. The minimum atomic E-state index is -0.0415. The van der Waals surface area contributed by atoms with Crippen molar-refractivity contribution in [1.29, 1.82) is 0 Å². The molecule has 89 heavy (non-hydrogen) atoms. The van der Waals surface area contributed by atoms with Gasteiger partial charge in [-0.1, -0.05) is 200 Å².